The predicted molar refractivity (Wildman–Crippen MR) is 58.5 cm³/mol. The van der Waals surface area contributed by atoms with E-state index in [1.807, 2.05) is 11.6 Å². The average molecular weight is 209 g/mol. The average Bonchev–Trinajstić information content (AvgIpc) is 2.84. The van der Waals surface area contributed by atoms with Crippen molar-refractivity contribution in [2.45, 2.75) is 32.9 Å². The Labute approximate surface area is 90.4 Å². The minimum Gasteiger partial charge on any atom is -0.381 e. The molecule has 1 fully saturated rings. The molecule has 0 spiro atoms. The topological polar surface area (TPSA) is 53.1 Å². The van der Waals surface area contributed by atoms with Gasteiger partial charge in [-0.2, -0.15) is 5.10 Å². The maximum atomic E-state index is 6.25. The van der Waals surface area contributed by atoms with E-state index in [4.69, 9.17) is 10.5 Å². The zero-order valence-corrected chi connectivity index (χ0v) is 9.44. The molecule has 0 aromatic carbocycles. The number of nitrogens with zero attached hydrogens (tertiary/aromatic N) is 2. The first kappa shape index (κ1) is 10.6. The zero-order valence-electron chi connectivity index (χ0n) is 9.44. The maximum Gasteiger partial charge on any atom is 0.0597 e. The van der Waals surface area contributed by atoms with Gasteiger partial charge in [0.2, 0.25) is 0 Å². The van der Waals surface area contributed by atoms with E-state index in [0.717, 1.165) is 37.6 Å². The van der Waals surface area contributed by atoms with Crippen molar-refractivity contribution >= 4 is 0 Å². The van der Waals surface area contributed by atoms with E-state index in [1.165, 1.54) is 0 Å². The lowest BCUT2D eigenvalue weighted by Crippen LogP contribution is -2.24. The first-order valence-electron chi connectivity index (χ1n) is 5.60. The van der Waals surface area contributed by atoms with Crippen LogP contribution >= 0.6 is 0 Å². The van der Waals surface area contributed by atoms with Crippen LogP contribution in [0.25, 0.3) is 0 Å². The van der Waals surface area contributed by atoms with E-state index >= 15 is 0 Å². The summed E-state index contributed by atoms with van der Waals surface area (Å²) < 4.78 is 7.37. The van der Waals surface area contributed by atoms with Crippen molar-refractivity contribution in [2.24, 2.45) is 11.7 Å². The second-order valence-electron chi connectivity index (χ2n) is 4.18. The highest BCUT2D eigenvalue weighted by Crippen LogP contribution is 2.26. The molecule has 84 valence electrons. The highest BCUT2D eigenvalue weighted by Gasteiger charge is 2.26. The van der Waals surface area contributed by atoms with Crippen molar-refractivity contribution in [2.75, 3.05) is 13.2 Å². The van der Waals surface area contributed by atoms with Crippen molar-refractivity contribution in [3.63, 3.8) is 0 Å². The Hall–Kier alpha value is -0.870. The molecule has 0 aliphatic carbocycles. The largest absolute Gasteiger partial charge is 0.381 e. The summed E-state index contributed by atoms with van der Waals surface area (Å²) in [5.74, 6) is 0.450. The molecule has 2 atom stereocenters. The Balaban J connectivity index is 2.19. The highest BCUT2D eigenvalue weighted by atomic mass is 16.5. The molecule has 2 rings (SSSR count). The van der Waals surface area contributed by atoms with Crippen molar-refractivity contribution in [1.82, 2.24) is 9.78 Å². The summed E-state index contributed by atoms with van der Waals surface area (Å²) >= 11 is 0. The fraction of sp³-hybridized carbons (Fsp3) is 0.727. The standard InChI is InChI=1S/C11H19N3O/c1-3-14-10(6-8(2)13-14)11(12)9-4-5-15-7-9/h6,9,11H,3-5,7,12H2,1-2H3. The third-order valence-electron chi connectivity index (χ3n) is 3.05. The zero-order chi connectivity index (χ0) is 10.8. The van der Waals surface area contributed by atoms with Gasteiger partial charge < -0.3 is 10.5 Å². The fourth-order valence-electron chi connectivity index (χ4n) is 2.16. The third-order valence-corrected chi connectivity index (χ3v) is 3.05. The molecule has 2 N–H and O–H groups in total. The van der Waals surface area contributed by atoms with Crippen molar-refractivity contribution in [1.29, 1.82) is 0 Å². The molecule has 1 aromatic heterocycles. The van der Waals surface area contributed by atoms with Gasteiger partial charge in [-0.1, -0.05) is 0 Å². The van der Waals surface area contributed by atoms with Crippen molar-refractivity contribution in [3.05, 3.63) is 17.5 Å². The number of nitrogens with two attached hydrogens (primary N) is 1. The summed E-state index contributed by atoms with van der Waals surface area (Å²) in [5, 5.41) is 4.42. The van der Waals surface area contributed by atoms with Crippen molar-refractivity contribution < 1.29 is 4.74 Å². The maximum absolute atomic E-state index is 6.25. The van der Waals surface area contributed by atoms with Crippen LogP contribution < -0.4 is 5.73 Å². The van der Waals surface area contributed by atoms with Crippen LogP contribution in [0.15, 0.2) is 6.07 Å². The van der Waals surface area contributed by atoms with Crippen LogP contribution in [0.1, 0.15) is 30.8 Å². The third kappa shape index (κ3) is 2.06. The van der Waals surface area contributed by atoms with Gasteiger partial charge >= 0.3 is 0 Å². The molecule has 1 aliphatic heterocycles. The fourth-order valence-corrected chi connectivity index (χ4v) is 2.16. The molecule has 15 heavy (non-hydrogen) atoms. The Morgan fingerprint density at radius 2 is 2.53 bits per heavy atom. The van der Waals surface area contributed by atoms with Gasteiger partial charge in [0.15, 0.2) is 0 Å². The van der Waals surface area contributed by atoms with Crippen LogP contribution in [0.3, 0.4) is 0 Å². The summed E-state index contributed by atoms with van der Waals surface area (Å²) in [7, 11) is 0. The first-order valence-corrected chi connectivity index (χ1v) is 5.60. The highest BCUT2D eigenvalue weighted by molar-refractivity contribution is 5.14. The molecule has 0 radical (unpaired) electrons. The smallest absolute Gasteiger partial charge is 0.0597 e. The first-order chi connectivity index (χ1) is 7.22. The molecular formula is C11H19N3O. The number of aromatic nitrogens is 2. The van der Waals surface area contributed by atoms with Crippen LogP contribution in [0, 0.1) is 12.8 Å². The second kappa shape index (κ2) is 4.33. The molecule has 0 saturated carbocycles. The minimum absolute atomic E-state index is 0.0636. The number of rotatable bonds is 3. The molecule has 4 heteroatoms. The Kier molecular flexibility index (Phi) is 3.07. The van der Waals surface area contributed by atoms with Gasteiger partial charge in [0, 0.05) is 19.1 Å². The normalized spacial score (nSPS) is 23.3. The SMILES string of the molecule is CCn1nc(C)cc1C(N)C1CCOC1. The summed E-state index contributed by atoms with van der Waals surface area (Å²) in [6, 6.07) is 2.15. The monoisotopic (exact) mass is 209 g/mol. The van der Waals surface area contributed by atoms with E-state index in [-0.39, 0.29) is 6.04 Å². The van der Waals surface area contributed by atoms with Crippen LogP contribution in [0.2, 0.25) is 0 Å². The Bertz CT molecular complexity index is 329. The van der Waals surface area contributed by atoms with Gasteiger partial charge in [0.05, 0.1) is 24.0 Å². The van der Waals surface area contributed by atoms with E-state index in [1.54, 1.807) is 0 Å². The molecule has 4 nitrogen and oxygen atoms in total. The summed E-state index contributed by atoms with van der Waals surface area (Å²) in [5.41, 5.74) is 8.44. The van der Waals surface area contributed by atoms with Crippen LogP contribution in [-0.2, 0) is 11.3 Å². The second-order valence-corrected chi connectivity index (χ2v) is 4.18. The van der Waals surface area contributed by atoms with Gasteiger partial charge in [0.25, 0.3) is 0 Å². The lowest BCUT2D eigenvalue weighted by atomic mass is 9.97. The summed E-state index contributed by atoms with van der Waals surface area (Å²) in [6.07, 6.45) is 1.06. The van der Waals surface area contributed by atoms with Crippen LogP contribution in [0.5, 0.6) is 0 Å². The van der Waals surface area contributed by atoms with E-state index in [9.17, 15) is 0 Å². The van der Waals surface area contributed by atoms with Crippen LogP contribution in [-0.4, -0.2) is 23.0 Å². The lowest BCUT2D eigenvalue weighted by molar-refractivity contribution is 0.180. The number of ether oxygens (including phenoxy) is 1. The van der Waals surface area contributed by atoms with E-state index in [2.05, 4.69) is 18.1 Å². The molecule has 1 aromatic rings. The minimum atomic E-state index is 0.0636. The summed E-state index contributed by atoms with van der Waals surface area (Å²) in [6.45, 7) is 6.61. The number of hydrogen-bond acceptors (Lipinski definition) is 3. The molecule has 0 bridgehead atoms. The van der Waals surface area contributed by atoms with Gasteiger partial charge in [0.1, 0.15) is 0 Å². The Morgan fingerprint density at radius 1 is 1.73 bits per heavy atom. The number of hydrogen-bond donors (Lipinski definition) is 1. The number of aryl methyl sites for hydroxylation is 2. The van der Waals surface area contributed by atoms with E-state index in [0.29, 0.717) is 5.92 Å². The van der Waals surface area contributed by atoms with E-state index < -0.39 is 0 Å². The Morgan fingerprint density at radius 3 is 3.13 bits per heavy atom. The van der Waals surface area contributed by atoms with Gasteiger partial charge in [-0.3, -0.25) is 4.68 Å². The lowest BCUT2D eigenvalue weighted by Gasteiger charge is -2.18. The molecule has 2 heterocycles. The molecule has 2 unspecified atom stereocenters. The van der Waals surface area contributed by atoms with Gasteiger partial charge in [-0.15, -0.1) is 0 Å². The quantitative estimate of drug-likeness (QED) is 0.815. The van der Waals surface area contributed by atoms with Gasteiger partial charge in [-0.25, -0.2) is 0 Å². The molecule has 0 amide bonds. The predicted octanol–water partition coefficient (Wildman–Crippen LogP) is 1.25. The summed E-state index contributed by atoms with van der Waals surface area (Å²) in [4.78, 5) is 0. The molecule has 1 aliphatic rings. The van der Waals surface area contributed by atoms with Gasteiger partial charge in [-0.05, 0) is 26.3 Å². The van der Waals surface area contributed by atoms with Crippen molar-refractivity contribution in [3.8, 4) is 0 Å². The molecule has 1 saturated heterocycles. The molecular weight excluding hydrogens is 190 g/mol. The van der Waals surface area contributed by atoms with Crippen LogP contribution in [0.4, 0.5) is 0 Å².